The van der Waals surface area contributed by atoms with Gasteiger partial charge < -0.3 is 20.3 Å². The molecule has 37 heavy (non-hydrogen) atoms. The Morgan fingerprint density at radius 2 is 1.81 bits per heavy atom. The molecule has 0 aromatic heterocycles. The second-order valence-corrected chi connectivity index (χ2v) is 13.1. The topological polar surface area (TPSA) is 130 Å². The van der Waals surface area contributed by atoms with Crippen LogP contribution in [0.2, 0.25) is 0 Å². The SMILES string of the molecule is CC(C)(CNC(=O)CCC(=O)O[C@H]1CC[C@H]2[C@@H]3CCC4=CC(=O)CC[C@]4(C)[C@H]3CC[C@]12C)[C@@H](O)C(=O)O. The number of amides is 1. The third-order valence-electron chi connectivity index (χ3n) is 10.4. The number of fused-ring (bicyclic) bond motifs is 5. The maximum atomic E-state index is 12.7. The number of hydrogen-bond donors (Lipinski definition) is 3. The van der Waals surface area contributed by atoms with Crippen molar-refractivity contribution in [2.75, 3.05) is 6.54 Å². The molecule has 4 rings (SSSR count). The highest BCUT2D eigenvalue weighted by Crippen LogP contribution is 2.65. The number of ketones is 1. The Morgan fingerprint density at radius 1 is 1.08 bits per heavy atom. The van der Waals surface area contributed by atoms with Crippen molar-refractivity contribution in [1.29, 1.82) is 0 Å². The van der Waals surface area contributed by atoms with Gasteiger partial charge in [-0.05, 0) is 74.2 Å². The summed E-state index contributed by atoms with van der Waals surface area (Å²) in [7, 11) is 0. The van der Waals surface area contributed by atoms with Crippen molar-refractivity contribution < 1.29 is 34.1 Å². The van der Waals surface area contributed by atoms with E-state index in [1.807, 2.05) is 6.08 Å². The molecule has 0 aromatic rings. The maximum Gasteiger partial charge on any atom is 0.333 e. The molecule has 206 valence electrons. The number of esters is 1. The average molecular weight is 518 g/mol. The Balaban J connectivity index is 1.30. The van der Waals surface area contributed by atoms with E-state index in [1.54, 1.807) is 13.8 Å². The van der Waals surface area contributed by atoms with Crippen molar-refractivity contribution in [3.05, 3.63) is 11.6 Å². The van der Waals surface area contributed by atoms with Crippen LogP contribution in [0.1, 0.15) is 91.9 Å². The molecular weight excluding hydrogens is 474 g/mol. The fourth-order valence-corrected chi connectivity index (χ4v) is 7.98. The zero-order valence-electron chi connectivity index (χ0n) is 22.7. The van der Waals surface area contributed by atoms with Crippen molar-refractivity contribution in [3.63, 3.8) is 0 Å². The third-order valence-corrected chi connectivity index (χ3v) is 10.4. The van der Waals surface area contributed by atoms with E-state index in [2.05, 4.69) is 19.2 Å². The van der Waals surface area contributed by atoms with Gasteiger partial charge in [0.25, 0.3) is 0 Å². The lowest BCUT2D eigenvalue weighted by Crippen LogP contribution is -2.51. The molecule has 0 unspecified atom stereocenters. The van der Waals surface area contributed by atoms with Gasteiger partial charge >= 0.3 is 11.9 Å². The molecule has 3 saturated carbocycles. The lowest BCUT2D eigenvalue weighted by molar-refractivity contribution is -0.160. The number of nitrogens with one attached hydrogen (secondary N) is 1. The van der Waals surface area contributed by atoms with E-state index in [4.69, 9.17) is 9.84 Å². The number of allylic oxidation sites excluding steroid dienone is 1. The van der Waals surface area contributed by atoms with E-state index in [0.29, 0.717) is 24.2 Å². The van der Waals surface area contributed by atoms with Crippen LogP contribution < -0.4 is 5.32 Å². The molecule has 0 heterocycles. The first-order valence-corrected chi connectivity index (χ1v) is 13.9. The van der Waals surface area contributed by atoms with Crippen LogP contribution >= 0.6 is 0 Å². The quantitative estimate of drug-likeness (QED) is 0.418. The number of hydrogen-bond acceptors (Lipinski definition) is 6. The van der Waals surface area contributed by atoms with Crippen LogP contribution in [0.5, 0.6) is 0 Å². The van der Waals surface area contributed by atoms with Crippen LogP contribution in [0.25, 0.3) is 0 Å². The molecule has 4 aliphatic rings. The van der Waals surface area contributed by atoms with Crippen molar-refractivity contribution >= 4 is 23.6 Å². The molecule has 7 atom stereocenters. The smallest absolute Gasteiger partial charge is 0.333 e. The fourth-order valence-electron chi connectivity index (χ4n) is 7.98. The molecule has 0 saturated heterocycles. The van der Waals surface area contributed by atoms with Crippen LogP contribution in [0.3, 0.4) is 0 Å². The second-order valence-electron chi connectivity index (χ2n) is 13.1. The van der Waals surface area contributed by atoms with Crippen molar-refractivity contribution in [2.24, 2.45) is 34.0 Å². The Hall–Kier alpha value is -2.22. The summed E-state index contributed by atoms with van der Waals surface area (Å²) in [4.78, 5) is 48.0. The number of carbonyl (C=O) groups excluding carboxylic acids is 3. The minimum absolute atomic E-state index is 0.0107. The lowest BCUT2D eigenvalue weighted by atomic mass is 9.47. The maximum absolute atomic E-state index is 12.7. The monoisotopic (exact) mass is 517 g/mol. The van der Waals surface area contributed by atoms with Gasteiger partial charge in [0.15, 0.2) is 11.9 Å². The number of aliphatic carboxylic acids is 1. The summed E-state index contributed by atoms with van der Waals surface area (Å²) in [5.74, 6) is -0.132. The van der Waals surface area contributed by atoms with Crippen molar-refractivity contribution in [1.82, 2.24) is 5.32 Å². The molecule has 0 bridgehead atoms. The minimum atomic E-state index is -1.60. The van der Waals surface area contributed by atoms with Crippen molar-refractivity contribution in [3.8, 4) is 0 Å². The van der Waals surface area contributed by atoms with Gasteiger partial charge in [-0.1, -0.05) is 33.3 Å². The largest absolute Gasteiger partial charge is 0.479 e. The lowest BCUT2D eigenvalue weighted by Gasteiger charge is -2.57. The van der Waals surface area contributed by atoms with Gasteiger partial charge in [0.1, 0.15) is 6.10 Å². The number of carbonyl (C=O) groups is 4. The highest BCUT2D eigenvalue weighted by Gasteiger charge is 2.60. The van der Waals surface area contributed by atoms with Crippen LogP contribution in [-0.2, 0) is 23.9 Å². The van der Waals surface area contributed by atoms with E-state index in [0.717, 1.165) is 44.9 Å². The molecule has 3 fully saturated rings. The summed E-state index contributed by atoms with van der Waals surface area (Å²) in [5, 5.41) is 21.4. The van der Waals surface area contributed by atoms with Gasteiger partial charge in [0.2, 0.25) is 5.91 Å². The number of carboxylic acids is 1. The standard InChI is InChI=1S/C29H43NO7/c1-27(2,25(34)26(35)36)16-30-23(32)9-10-24(33)37-22-8-7-20-19-6-5-17-15-18(31)11-13-28(17,3)21(19)12-14-29(20,22)4/h15,19-22,25,34H,5-14,16H2,1-4H3,(H,30,32)(H,35,36)/t19-,20-,21-,22-,25-,28-,29-/m0/s1. The summed E-state index contributed by atoms with van der Waals surface area (Å²) in [6, 6.07) is 0. The number of ether oxygens (including phenoxy) is 1. The van der Waals surface area contributed by atoms with E-state index in [1.165, 1.54) is 5.57 Å². The number of aliphatic hydroxyl groups is 1. The number of carboxylic acid groups (broad SMARTS) is 1. The van der Waals surface area contributed by atoms with Gasteiger partial charge in [-0.2, -0.15) is 0 Å². The van der Waals surface area contributed by atoms with Gasteiger partial charge in [-0.15, -0.1) is 0 Å². The molecule has 8 heteroatoms. The summed E-state index contributed by atoms with van der Waals surface area (Å²) in [6.07, 6.45) is 7.82. The zero-order valence-corrected chi connectivity index (χ0v) is 22.7. The Labute approximate surface area is 219 Å². The van der Waals surface area contributed by atoms with E-state index < -0.39 is 17.5 Å². The highest BCUT2D eigenvalue weighted by atomic mass is 16.5. The second kappa shape index (κ2) is 10.2. The molecule has 3 N–H and O–H groups in total. The van der Waals surface area contributed by atoms with E-state index in [-0.39, 0.29) is 54.0 Å². The van der Waals surface area contributed by atoms with Gasteiger partial charge in [-0.25, -0.2) is 4.79 Å². The first-order chi connectivity index (χ1) is 17.3. The van der Waals surface area contributed by atoms with Crippen molar-refractivity contribution in [2.45, 2.75) is 104 Å². The van der Waals surface area contributed by atoms with Crippen LogP contribution in [-0.4, -0.2) is 52.6 Å². The van der Waals surface area contributed by atoms with Gasteiger partial charge in [-0.3, -0.25) is 14.4 Å². The molecule has 0 radical (unpaired) electrons. The summed E-state index contributed by atoms with van der Waals surface area (Å²) < 4.78 is 5.98. The summed E-state index contributed by atoms with van der Waals surface area (Å²) in [6.45, 7) is 7.75. The molecule has 1 amide bonds. The normalized spacial score (nSPS) is 35.9. The molecule has 8 nitrogen and oxygen atoms in total. The first kappa shape index (κ1) is 27.8. The molecular formula is C29H43NO7. The van der Waals surface area contributed by atoms with E-state index >= 15 is 0 Å². The zero-order chi connectivity index (χ0) is 27.2. The average Bonchev–Trinajstić information content (AvgIpc) is 3.17. The molecule has 0 aliphatic heterocycles. The van der Waals surface area contributed by atoms with Crippen LogP contribution in [0.15, 0.2) is 11.6 Å². The first-order valence-electron chi connectivity index (χ1n) is 13.9. The summed E-state index contributed by atoms with van der Waals surface area (Å²) in [5.41, 5.74) is 0.385. The Bertz CT molecular complexity index is 987. The Morgan fingerprint density at radius 3 is 2.51 bits per heavy atom. The predicted octanol–water partition coefficient (Wildman–Crippen LogP) is 3.80. The summed E-state index contributed by atoms with van der Waals surface area (Å²) >= 11 is 0. The molecule has 4 aliphatic carbocycles. The molecule has 0 spiro atoms. The van der Waals surface area contributed by atoms with Gasteiger partial charge in [0.05, 0.1) is 6.42 Å². The minimum Gasteiger partial charge on any atom is -0.479 e. The number of aliphatic hydroxyl groups excluding tert-OH is 1. The highest BCUT2D eigenvalue weighted by molar-refractivity contribution is 5.91. The van der Waals surface area contributed by atoms with Crippen LogP contribution in [0, 0.1) is 34.0 Å². The Kier molecular flexibility index (Phi) is 7.63. The predicted molar refractivity (Wildman–Crippen MR) is 136 cm³/mol. The fraction of sp³-hybridized carbons (Fsp3) is 0.793. The third kappa shape index (κ3) is 5.23. The van der Waals surface area contributed by atoms with Gasteiger partial charge in [0, 0.05) is 30.2 Å². The van der Waals surface area contributed by atoms with E-state index in [9.17, 15) is 24.3 Å². The molecule has 0 aromatic carbocycles. The van der Waals surface area contributed by atoms with Crippen LogP contribution in [0.4, 0.5) is 0 Å². The number of rotatable bonds is 8.